The smallest absolute Gasteiger partial charge is 0.315 e. The topological polar surface area (TPSA) is 63.0 Å². The van der Waals surface area contributed by atoms with Gasteiger partial charge in [0, 0.05) is 17.8 Å². The molecule has 1 unspecified atom stereocenters. The molecule has 0 radical (unpaired) electrons. The van der Waals surface area contributed by atoms with E-state index < -0.39 is 0 Å². The zero-order valence-corrected chi connectivity index (χ0v) is 11.1. The van der Waals surface area contributed by atoms with Crippen LogP contribution >= 0.6 is 11.8 Å². The van der Waals surface area contributed by atoms with E-state index in [9.17, 15) is 0 Å². The van der Waals surface area contributed by atoms with E-state index in [0.717, 1.165) is 6.54 Å². The molecular formula is C10H20N4OS. The van der Waals surface area contributed by atoms with Crippen LogP contribution in [0.25, 0.3) is 0 Å². The molecule has 0 aromatic carbocycles. The minimum Gasteiger partial charge on any atom is -0.407 e. The molecule has 1 aromatic heterocycles. The molecule has 0 spiro atoms. The summed E-state index contributed by atoms with van der Waals surface area (Å²) in [5.41, 5.74) is 0. The average molecular weight is 244 g/mol. The number of rotatable bonds is 7. The van der Waals surface area contributed by atoms with Gasteiger partial charge in [0.25, 0.3) is 0 Å². The Morgan fingerprint density at radius 1 is 1.31 bits per heavy atom. The number of hydrogen-bond acceptors (Lipinski definition) is 6. The Balaban J connectivity index is 2.33. The van der Waals surface area contributed by atoms with Crippen LogP contribution in [0.1, 0.15) is 26.7 Å². The Kier molecular flexibility index (Phi) is 5.62. The van der Waals surface area contributed by atoms with Gasteiger partial charge in [-0.1, -0.05) is 25.9 Å². The highest BCUT2D eigenvalue weighted by Gasteiger charge is 2.07. The Hall–Kier alpha value is -0.750. The molecule has 1 aromatic rings. The van der Waals surface area contributed by atoms with Gasteiger partial charge in [-0.15, -0.1) is 5.10 Å². The first-order valence-electron chi connectivity index (χ1n) is 5.44. The van der Waals surface area contributed by atoms with Gasteiger partial charge in [-0.25, -0.2) is 0 Å². The number of nitrogens with one attached hydrogen (secondary N) is 2. The zero-order valence-electron chi connectivity index (χ0n) is 10.3. The molecule has 0 amide bonds. The second kappa shape index (κ2) is 6.75. The highest BCUT2D eigenvalue weighted by Crippen LogP contribution is 2.09. The highest BCUT2D eigenvalue weighted by molar-refractivity contribution is 7.99. The highest BCUT2D eigenvalue weighted by atomic mass is 32.2. The maximum Gasteiger partial charge on any atom is 0.315 e. The second-order valence-electron chi connectivity index (χ2n) is 3.96. The van der Waals surface area contributed by atoms with Crippen molar-refractivity contribution in [1.29, 1.82) is 0 Å². The molecule has 1 atom stereocenters. The quantitative estimate of drug-likeness (QED) is 0.761. The lowest BCUT2D eigenvalue weighted by Crippen LogP contribution is -2.21. The molecule has 0 bridgehead atoms. The summed E-state index contributed by atoms with van der Waals surface area (Å²) in [5, 5.41) is 14.7. The van der Waals surface area contributed by atoms with E-state index in [1.165, 1.54) is 0 Å². The van der Waals surface area contributed by atoms with E-state index in [2.05, 4.69) is 47.9 Å². The van der Waals surface area contributed by atoms with Gasteiger partial charge in [-0.05, 0) is 6.26 Å². The van der Waals surface area contributed by atoms with Gasteiger partial charge >= 0.3 is 6.01 Å². The van der Waals surface area contributed by atoms with Gasteiger partial charge in [0.1, 0.15) is 0 Å². The fourth-order valence-corrected chi connectivity index (χ4v) is 1.25. The monoisotopic (exact) mass is 244 g/mol. The lowest BCUT2D eigenvalue weighted by molar-refractivity contribution is 0.458. The largest absolute Gasteiger partial charge is 0.407 e. The molecular weight excluding hydrogens is 224 g/mol. The first-order chi connectivity index (χ1) is 7.61. The third kappa shape index (κ3) is 4.85. The summed E-state index contributed by atoms with van der Waals surface area (Å²) in [6, 6.07) is 0.918. The third-order valence-corrected chi connectivity index (χ3v) is 3.04. The van der Waals surface area contributed by atoms with Gasteiger partial charge in [0.15, 0.2) is 0 Å². The summed E-state index contributed by atoms with van der Waals surface area (Å²) < 4.78 is 5.42. The van der Waals surface area contributed by atoms with Gasteiger partial charge in [0.2, 0.25) is 5.89 Å². The van der Waals surface area contributed by atoms with Crippen molar-refractivity contribution >= 4 is 17.8 Å². The molecule has 1 heterocycles. The normalized spacial score (nSPS) is 13.1. The summed E-state index contributed by atoms with van der Waals surface area (Å²) in [5.74, 6) is 0.619. The van der Waals surface area contributed by atoms with Crippen molar-refractivity contribution in [1.82, 2.24) is 15.5 Å². The second-order valence-corrected chi connectivity index (χ2v) is 5.24. The van der Waals surface area contributed by atoms with E-state index in [0.29, 0.717) is 29.7 Å². The van der Waals surface area contributed by atoms with Crippen LogP contribution < -0.4 is 10.6 Å². The van der Waals surface area contributed by atoms with Crippen molar-refractivity contribution in [2.75, 3.05) is 18.1 Å². The number of anilines is 1. The van der Waals surface area contributed by atoms with Crippen LogP contribution in [0.2, 0.25) is 0 Å². The molecule has 5 nitrogen and oxygen atoms in total. The Labute approximate surface area is 101 Å². The third-order valence-electron chi connectivity index (χ3n) is 2.07. The summed E-state index contributed by atoms with van der Waals surface area (Å²) in [6.45, 7) is 7.76. The fourth-order valence-electron chi connectivity index (χ4n) is 1.00. The SMILES string of the molecule is CSC(C)CNc1nnc(CNC(C)C)o1. The molecule has 0 saturated heterocycles. The van der Waals surface area contributed by atoms with Crippen molar-refractivity contribution in [3.8, 4) is 0 Å². The first-order valence-corrected chi connectivity index (χ1v) is 6.73. The van der Waals surface area contributed by atoms with E-state index in [1.54, 1.807) is 11.8 Å². The zero-order chi connectivity index (χ0) is 12.0. The average Bonchev–Trinajstić information content (AvgIpc) is 2.71. The van der Waals surface area contributed by atoms with Crippen LogP contribution in [0, 0.1) is 0 Å². The Morgan fingerprint density at radius 3 is 2.69 bits per heavy atom. The molecule has 16 heavy (non-hydrogen) atoms. The predicted octanol–water partition coefficient (Wildman–Crippen LogP) is 1.73. The fraction of sp³-hybridized carbons (Fsp3) is 0.800. The van der Waals surface area contributed by atoms with Crippen LogP contribution in [0.15, 0.2) is 4.42 Å². The molecule has 0 saturated carbocycles. The van der Waals surface area contributed by atoms with Crippen molar-refractivity contribution in [3.63, 3.8) is 0 Å². The standard InChI is InChI=1S/C10H20N4OS/c1-7(2)11-6-9-13-14-10(15-9)12-5-8(3)16-4/h7-8,11H,5-6H2,1-4H3,(H,12,14). The van der Waals surface area contributed by atoms with E-state index in [1.807, 2.05) is 0 Å². The van der Waals surface area contributed by atoms with E-state index in [4.69, 9.17) is 4.42 Å². The van der Waals surface area contributed by atoms with Crippen molar-refractivity contribution in [2.45, 2.75) is 38.6 Å². The molecule has 0 aliphatic heterocycles. The number of thioether (sulfide) groups is 1. The Morgan fingerprint density at radius 2 is 2.06 bits per heavy atom. The van der Waals surface area contributed by atoms with Crippen molar-refractivity contribution in [3.05, 3.63) is 5.89 Å². The number of hydrogen-bond donors (Lipinski definition) is 2. The minimum atomic E-state index is 0.417. The molecule has 0 aliphatic rings. The van der Waals surface area contributed by atoms with Crippen molar-refractivity contribution in [2.24, 2.45) is 0 Å². The summed E-state index contributed by atoms with van der Waals surface area (Å²) in [4.78, 5) is 0. The van der Waals surface area contributed by atoms with Crippen LogP contribution in [0.3, 0.4) is 0 Å². The maximum absolute atomic E-state index is 5.42. The lowest BCUT2D eigenvalue weighted by Gasteiger charge is -2.07. The van der Waals surface area contributed by atoms with E-state index >= 15 is 0 Å². The maximum atomic E-state index is 5.42. The molecule has 1 rings (SSSR count). The molecule has 0 aliphatic carbocycles. The minimum absolute atomic E-state index is 0.417. The summed E-state index contributed by atoms with van der Waals surface area (Å²) in [7, 11) is 0. The molecule has 0 fully saturated rings. The van der Waals surface area contributed by atoms with Gasteiger partial charge in [-0.2, -0.15) is 11.8 Å². The van der Waals surface area contributed by atoms with Crippen LogP contribution in [-0.2, 0) is 6.54 Å². The number of aromatic nitrogens is 2. The van der Waals surface area contributed by atoms with E-state index in [-0.39, 0.29) is 0 Å². The Bertz CT molecular complexity index is 303. The van der Waals surface area contributed by atoms with Crippen LogP contribution in [0.4, 0.5) is 6.01 Å². The molecule has 6 heteroatoms. The van der Waals surface area contributed by atoms with Crippen molar-refractivity contribution < 1.29 is 4.42 Å². The van der Waals surface area contributed by atoms with Crippen LogP contribution in [-0.4, -0.2) is 34.3 Å². The summed E-state index contributed by atoms with van der Waals surface area (Å²) in [6.07, 6.45) is 2.08. The first kappa shape index (κ1) is 13.3. The van der Waals surface area contributed by atoms with Gasteiger partial charge in [-0.3, -0.25) is 0 Å². The number of nitrogens with zero attached hydrogens (tertiary/aromatic N) is 2. The predicted molar refractivity (Wildman–Crippen MR) is 67.7 cm³/mol. The summed E-state index contributed by atoms with van der Waals surface area (Å²) >= 11 is 1.80. The molecule has 2 N–H and O–H groups in total. The van der Waals surface area contributed by atoms with Gasteiger partial charge < -0.3 is 15.1 Å². The van der Waals surface area contributed by atoms with Gasteiger partial charge in [0.05, 0.1) is 6.54 Å². The lowest BCUT2D eigenvalue weighted by atomic mass is 10.4. The molecule has 92 valence electrons. The van der Waals surface area contributed by atoms with Crippen LogP contribution in [0.5, 0.6) is 0 Å².